The Morgan fingerprint density at radius 2 is 1.70 bits per heavy atom. The molecule has 2 aromatic carbocycles. The van der Waals surface area contributed by atoms with Crippen LogP contribution in [0.5, 0.6) is 5.75 Å². The number of carbonyl (C=O) groups is 1. The molecule has 146 valence electrons. The van der Waals surface area contributed by atoms with Crippen LogP contribution in [0.2, 0.25) is 0 Å². The maximum atomic E-state index is 12.3. The molecule has 0 unspecified atom stereocenters. The fraction of sp³-hybridized carbons (Fsp3) is 0.450. The van der Waals surface area contributed by atoms with Gasteiger partial charge in [0, 0.05) is 0 Å². The summed E-state index contributed by atoms with van der Waals surface area (Å²) in [4.78, 5) is 26.5. The Hall–Kier alpha value is -2.83. The third-order valence-electron chi connectivity index (χ3n) is 4.40. The quantitative estimate of drug-likeness (QED) is 0.252. The fourth-order valence-electron chi connectivity index (χ4n) is 2.77. The van der Waals surface area contributed by atoms with Gasteiger partial charge in [-0.25, -0.2) is 0 Å². The topological polar surface area (TPSA) is 87.9 Å². The molecule has 0 aliphatic carbocycles. The highest BCUT2D eigenvalue weighted by Crippen LogP contribution is 2.25. The van der Waals surface area contributed by atoms with Crippen LogP contribution in [-0.4, -0.2) is 31.4 Å². The van der Waals surface area contributed by atoms with Crippen molar-refractivity contribution in [2.45, 2.75) is 38.5 Å². The summed E-state index contributed by atoms with van der Waals surface area (Å²) in [5.74, 6) is 0.206. The second-order valence-electron chi connectivity index (χ2n) is 6.33. The molecule has 0 aliphatic rings. The average molecular weight is 375 g/mol. The van der Waals surface area contributed by atoms with Gasteiger partial charge in [0.25, 0.3) is 5.09 Å². The molecule has 7 heteroatoms. The van der Waals surface area contributed by atoms with E-state index < -0.39 is 5.09 Å². The molecule has 0 aliphatic heterocycles. The van der Waals surface area contributed by atoms with E-state index in [1.165, 1.54) is 0 Å². The number of methoxy groups -OCH3 is 1. The summed E-state index contributed by atoms with van der Waals surface area (Å²) in [7, 11) is 1.63. The van der Waals surface area contributed by atoms with Gasteiger partial charge in [-0.05, 0) is 54.7 Å². The van der Waals surface area contributed by atoms with Gasteiger partial charge in [0.15, 0.2) is 0 Å². The molecule has 0 saturated carbocycles. The number of nitrogens with zero attached hydrogens (tertiary/aromatic N) is 1. The number of esters is 1. The van der Waals surface area contributed by atoms with E-state index in [9.17, 15) is 14.9 Å². The molecular weight excluding hydrogens is 350 g/mol. The van der Waals surface area contributed by atoms with Crippen LogP contribution < -0.4 is 4.74 Å². The summed E-state index contributed by atoms with van der Waals surface area (Å²) in [6.45, 7) is 2.30. The Morgan fingerprint density at radius 1 is 1.04 bits per heavy atom. The van der Waals surface area contributed by atoms with Gasteiger partial charge >= 0.3 is 5.97 Å². The molecule has 0 radical (unpaired) electrons. The maximum Gasteiger partial charge on any atom is 0.313 e. The minimum Gasteiger partial charge on any atom is -0.497 e. The standard InChI is InChI=1S/C20H25NO6/c1-15(20(22)26-11-5-3-4-6-12-27-21(23)24)16-7-8-18-14-19(25-2)10-9-17(18)13-16/h7-10,13-15H,3-6,11-12H2,1-2H3/t15-/m0/s1. The molecule has 0 bridgehead atoms. The smallest absolute Gasteiger partial charge is 0.313 e. The number of ether oxygens (including phenoxy) is 2. The zero-order valence-electron chi connectivity index (χ0n) is 15.7. The molecule has 0 fully saturated rings. The van der Waals surface area contributed by atoms with Crippen LogP contribution in [0.15, 0.2) is 36.4 Å². The number of hydrogen-bond acceptors (Lipinski definition) is 6. The van der Waals surface area contributed by atoms with E-state index >= 15 is 0 Å². The number of fused-ring (bicyclic) bond motifs is 1. The van der Waals surface area contributed by atoms with E-state index in [0.29, 0.717) is 13.0 Å². The van der Waals surface area contributed by atoms with Crippen molar-refractivity contribution in [3.63, 3.8) is 0 Å². The SMILES string of the molecule is COc1ccc2cc([C@H](C)C(=O)OCCCCCCO[N+](=O)[O-])ccc2c1. The number of hydrogen-bond donors (Lipinski definition) is 0. The van der Waals surface area contributed by atoms with Crippen molar-refractivity contribution < 1.29 is 24.2 Å². The molecule has 1 atom stereocenters. The van der Waals surface area contributed by atoms with E-state index in [1.807, 2.05) is 43.3 Å². The summed E-state index contributed by atoms with van der Waals surface area (Å²) in [6, 6.07) is 11.7. The van der Waals surface area contributed by atoms with Crippen molar-refractivity contribution in [1.82, 2.24) is 0 Å². The summed E-state index contributed by atoms with van der Waals surface area (Å²) in [5.41, 5.74) is 0.912. The van der Waals surface area contributed by atoms with Crippen molar-refractivity contribution in [1.29, 1.82) is 0 Å². The molecule has 0 amide bonds. The van der Waals surface area contributed by atoms with Gasteiger partial charge in [-0.2, -0.15) is 0 Å². The number of benzene rings is 2. The average Bonchev–Trinajstić information content (AvgIpc) is 2.68. The first kappa shape index (κ1) is 20.5. The molecule has 0 heterocycles. The Balaban J connectivity index is 1.76. The van der Waals surface area contributed by atoms with Crippen molar-refractivity contribution in [3.8, 4) is 5.75 Å². The Morgan fingerprint density at radius 3 is 2.41 bits per heavy atom. The Labute approximate surface area is 158 Å². The molecule has 0 aromatic heterocycles. The van der Waals surface area contributed by atoms with Crippen LogP contribution in [0.3, 0.4) is 0 Å². The summed E-state index contributed by atoms with van der Waals surface area (Å²) < 4.78 is 10.6. The third kappa shape index (κ3) is 6.44. The van der Waals surface area contributed by atoms with Crippen LogP contribution in [0.4, 0.5) is 0 Å². The number of rotatable bonds is 11. The first-order valence-electron chi connectivity index (χ1n) is 9.03. The van der Waals surface area contributed by atoms with Crippen molar-refractivity contribution in [2.24, 2.45) is 0 Å². The lowest BCUT2D eigenvalue weighted by atomic mass is 9.98. The molecule has 7 nitrogen and oxygen atoms in total. The zero-order valence-corrected chi connectivity index (χ0v) is 15.7. The number of carbonyl (C=O) groups excluding carboxylic acids is 1. The van der Waals surface area contributed by atoms with E-state index in [2.05, 4.69) is 4.84 Å². The first-order valence-corrected chi connectivity index (χ1v) is 9.03. The highest BCUT2D eigenvalue weighted by atomic mass is 16.9. The van der Waals surface area contributed by atoms with E-state index in [1.54, 1.807) is 7.11 Å². The normalized spacial score (nSPS) is 11.8. The third-order valence-corrected chi connectivity index (χ3v) is 4.40. The van der Waals surface area contributed by atoms with Crippen LogP contribution >= 0.6 is 0 Å². The van der Waals surface area contributed by atoms with E-state index in [-0.39, 0.29) is 18.5 Å². The predicted octanol–water partition coefficient (Wildman–Crippen LogP) is 4.26. The van der Waals surface area contributed by atoms with Crippen LogP contribution in [-0.2, 0) is 14.4 Å². The molecule has 0 saturated heterocycles. The molecular formula is C20H25NO6. The van der Waals surface area contributed by atoms with Crippen LogP contribution in [0.25, 0.3) is 10.8 Å². The van der Waals surface area contributed by atoms with Crippen LogP contribution in [0.1, 0.15) is 44.1 Å². The predicted molar refractivity (Wildman–Crippen MR) is 101 cm³/mol. The largest absolute Gasteiger partial charge is 0.497 e. The molecule has 27 heavy (non-hydrogen) atoms. The van der Waals surface area contributed by atoms with Gasteiger partial charge in [-0.15, -0.1) is 10.1 Å². The fourth-order valence-corrected chi connectivity index (χ4v) is 2.77. The van der Waals surface area contributed by atoms with Crippen molar-refractivity contribution in [3.05, 3.63) is 52.1 Å². The van der Waals surface area contributed by atoms with Gasteiger partial charge < -0.3 is 14.3 Å². The summed E-state index contributed by atoms with van der Waals surface area (Å²) in [5, 5.41) is 11.3. The highest BCUT2D eigenvalue weighted by Gasteiger charge is 2.17. The maximum absolute atomic E-state index is 12.3. The second kappa shape index (κ2) is 10.4. The molecule has 0 N–H and O–H groups in total. The van der Waals surface area contributed by atoms with Crippen molar-refractivity contribution >= 4 is 16.7 Å². The minimum absolute atomic E-state index is 0.109. The Kier molecular flexibility index (Phi) is 7.85. The number of unbranched alkanes of at least 4 members (excludes halogenated alkanes) is 3. The zero-order chi connectivity index (χ0) is 19.6. The Bertz CT molecular complexity index is 776. The van der Waals surface area contributed by atoms with Gasteiger partial charge in [0.1, 0.15) is 5.75 Å². The lowest BCUT2D eigenvalue weighted by Crippen LogP contribution is -2.14. The lowest BCUT2D eigenvalue weighted by molar-refractivity contribution is -0.757. The molecule has 2 rings (SSSR count). The van der Waals surface area contributed by atoms with E-state index in [0.717, 1.165) is 41.3 Å². The van der Waals surface area contributed by atoms with Crippen molar-refractivity contribution in [2.75, 3.05) is 20.3 Å². The van der Waals surface area contributed by atoms with E-state index in [4.69, 9.17) is 9.47 Å². The second-order valence-corrected chi connectivity index (χ2v) is 6.33. The van der Waals surface area contributed by atoms with Gasteiger partial charge in [-0.3, -0.25) is 4.79 Å². The van der Waals surface area contributed by atoms with Gasteiger partial charge in [0.05, 0.1) is 26.2 Å². The van der Waals surface area contributed by atoms with Gasteiger partial charge in [-0.1, -0.05) is 30.7 Å². The minimum atomic E-state index is -0.785. The lowest BCUT2D eigenvalue weighted by Gasteiger charge is -2.13. The highest BCUT2D eigenvalue weighted by molar-refractivity contribution is 5.86. The van der Waals surface area contributed by atoms with Gasteiger partial charge in [0.2, 0.25) is 0 Å². The summed E-state index contributed by atoms with van der Waals surface area (Å²) in [6.07, 6.45) is 2.98. The van der Waals surface area contributed by atoms with Crippen LogP contribution in [0, 0.1) is 10.1 Å². The molecule has 0 spiro atoms. The monoisotopic (exact) mass is 375 g/mol. The summed E-state index contributed by atoms with van der Waals surface area (Å²) >= 11 is 0. The first-order chi connectivity index (χ1) is 13.0. The molecule has 2 aromatic rings.